The lowest BCUT2D eigenvalue weighted by atomic mass is 10.0. The molecule has 0 aliphatic rings. The summed E-state index contributed by atoms with van der Waals surface area (Å²) in [7, 11) is 0. The van der Waals surface area contributed by atoms with E-state index < -0.39 is 6.10 Å². The smallest absolute Gasteiger partial charge is 0.306 e. The van der Waals surface area contributed by atoms with Crippen LogP contribution in [-0.4, -0.2) is 37.2 Å². The van der Waals surface area contributed by atoms with Crippen molar-refractivity contribution in [3.63, 3.8) is 0 Å². The van der Waals surface area contributed by atoms with Gasteiger partial charge in [0.2, 0.25) is 0 Å². The number of allylic oxidation sites excluding steroid dienone is 16. The number of hydrogen-bond donors (Lipinski definition) is 0. The Bertz CT molecular complexity index is 1610. The first-order valence-electron chi connectivity index (χ1n) is 35.7. The van der Waals surface area contributed by atoms with E-state index in [0.29, 0.717) is 12.8 Å². The molecule has 83 heavy (non-hydrogen) atoms. The molecule has 1 atom stereocenters. The lowest BCUT2D eigenvalue weighted by Gasteiger charge is -2.18. The van der Waals surface area contributed by atoms with Gasteiger partial charge in [-0.3, -0.25) is 14.4 Å². The first-order chi connectivity index (χ1) is 41.0. The minimum Gasteiger partial charge on any atom is -0.462 e. The van der Waals surface area contributed by atoms with E-state index in [-0.39, 0.29) is 37.5 Å². The number of rotatable bonds is 65. The molecule has 6 nitrogen and oxygen atoms in total. The van der Waals surface area contributed by atoms with Crippen molar-refractivity contribution in [2.75, 3.05) is 13.2 Å². The van der Waals surface area contributed by atoms with Crippen LogP contribution in [0, 0.1) is 0 Å². The summed E-state index contributed by atoms with van der Waals surface area (Å²) in [4.78, 5) is 38.4. The fraction of sp³-hybridized carbons (Fsp3) is 0.753. The summed E-state index contributed by atoms with van der Waals surface area (Å²) in [5.41, 5.74) is 0. The van der Waals surface area contributed by atoms with Gasteiger partial charge in [-0.15, -0.1) is 0 Å². The molecule has 0 saturated carbocycles. The highest BCUT2D eigenvalue weighted by atomic mass is 16.6. The van der Waals surface area contributed by atoms with E-state index in [1.165, 1.54) is 193 Å². The van der Waals surface area contributed by atoms with E-state index in [1.54, 1.807) is 0 Å². The van der Waals surface area contributed by atoms with Gasteiger partial charge in [-0.05, 0) is 122 Å². The Morgan fingerprint density at radius 1 is 0.253 bits per heavy atom. The number of carbonyl (C=O) groups excluding carboxylic acids is 3. The summed E-state index contributed by atoms with van der Waals surface area (Å²) < 4.78 is 16.9. The Labute approximate surface area is 515 Å². The second-order valence-corrected chi connectivity index (χ2v) is 23.8. The molecule has 0 aromatic rings. The van der Waals surface area contributed by atoms with E-state index in [9.17, 15) is 14.4 Å². The summed E-state index contributed by atoms with van der Waals surface area (Å²) in [5.74, 6) is -0.926. The zero-order valence-corrected chi connectivity index (χ0v) is 54.9. The molecule has 0 aliphatic carbocycles. The van der Waals surface area contributed by atoms with Gasteiger partial charge in [0.1, 0.15) is 13.2 Å². The van der Waals surface area contributed by atoms with E-state index in [4.69, 9.17) is 14.2 Å². The highest BCUT2D eigenvalue weighted by Gasteiger charge is 2.19. The molecule has 0 aromatic heterocycles. The number of unbranched alkanes of at least 4 members (excludes halogenated alkanes) is 38. The van der Waals surface area contributed by atoms with Crippen LogP contribution < -0.4 is 0 Å². The van der Waals surface area contributed by atoms with Crippen LogP contribution in [0.15, 0.2) is 97.2 Å². The number of hydrogen-bond acceptors (Lipinski definition) is 6. The van der Waals surface area contributed by atoms with E-state index in [0.717, 1.165) is 122 Å². The third-order valence-electron chi connectivity index (χ3n) is 15.5. The second-order valence-electron chi connectivity index (χ2n) is 23.8. The van der Waals surface area contributed by atoms with E-state index >= 15 is 0 Å². The molecule has 0 radical (unpaired) electrons. The van der Waals surface area contributed by atoms with Crippen molar-refractivity contribution in [3.8, 4) is 0 Å². The maximum atomic E-state index is 12.9. The quantitative estimate of drug-likeness (QED) is 0.0261. The summed E-state index contributed by atoms with van der Waals surface area (Å²) in [6.45, 7) is 6.50. The molecule has 0 aromatic carbocycles. The molecule has 6 heteroatoms. The molecule has 0 N–H and O–H groups in total. The summed E-state index contributed by atoms with van der Waals surface area (Å²) in [6, 6.07) is 0. The Balaban J connectivity index is 4.27. The van der Waals surface area contributed by atoms with E-state index in [2.05, 4.69) is 118 Å². The fourth-order valence-electron chi connectivity index (χ4n) is 10.2. The van der Waals surface area contributed by atoms with Crippen LogP contribution in [0.4, 0.5) is 0 Å². The van der Waals surface area contributed by atoms with Crippen molar-refractivity contribution >= 4 is 17.9 Å². The van der Waals surface area contributed by atoms with Gasteiger partial charge in [0, 0.05) is 19.3 Å². The van der Waals surface area contributed by atoms with Gasteiger partial charge in [-0.2, -0.15) is 0 Å². The van der Waals surface area contributed by atoms with Gasteiger partial charge in [-0.25, -0.2) is 0 Å². The van der Waals surface area contributed by atoms with Crippen molar-refractivity contribution in [2.24, 2.45) is 0 Å². The Morgan fingerprint density at radius 2 is 0.470 bits per heavy atom. The maximum Gasteiger partial charge on any atom is 0.306 e. The van der Waals surface area contributed by atoms with Gasteiger partial charge in [-0.1, -0.05) is 311 Å². The number of esters is 3. The third-order valence-corrected chi connectivity index (χ3v) is 15.5. The molecule has 0 saturated heterocycles. The Kier molecular flexibility index (Phi) is 67.7. The molecule has 0 rings (SSSR count). The van der Waals surface area contributed by atoms with Crippen LogP contribution in [-0.2, 0) is 28.6 Å². The number of ether oxygens (including phenoxy) is 3. The van der Waals surface area contributed by atoms with Crippen molar-refractivity contribution in [1.29, 1.82) is 0 Å². The van der Waals surface area contributed by atoms with Crippen LogP contribution in [0.2, 0.25) is 0 Å². The Hall–Kier alpha value is -3.67. The highest BCUT2D eigenvalue weighted by molar-refractivity contribution is 5.71. The van der Waals surface area contributed by atoms with Crippen molar-refractivity contribution < 1.29 is 28.6 Å². The summed E-state index contributed by atoms with van der Waals surface area (Å²) in [6.07, 6.45) is 95.9. The molecular formula is C77H134O6. The molecular weight excluding hydrogens is 1020 g/mol. The van der Waals surface area contributed by atoms with Crippen molar-refractivity contribution in [1.82, 2.24) is 0 Å². The minimum atomic E-state index is -0.803. The molecule has 0 bridgehead atoms. The van der Waals surface area contributed by atoms with Crippen LogP contribution in [0.1, 0.15) is 355 Å². The molecule has 0 fully saturated rings. The number of carbonyl (C=O) groups is 3. The molecule has 0 amide bonds. The molecule has 0 heterocycles. The summed E-state index contributed by atoms with van der Waals surface area (Å²) in [5, 5.41) is 0. The molecule has 1 unspecified atom stereocenters. The van der Waals surface area contributed by atoms with Crippen LogP contribution in [0.25, 0.3) is 0 Å². The SMILES string of the molecule is CC/C=C\C/C=C\C/C=C\C/C=C\C/C=C\CCCCCC(=O)OC(COC(=O)CCCCCCC/C=C\C/C=C\CCCCC)COC(=O)CCCCCCCCCCCCCCCCCCCCC/C=C\CCCCCCCCCC. The lowest BCUT2D eigenvalue weighted by Crippen LogP contribution is -2.30. The maximum absolute atomic E-state index is 12.9. The largest absolute Gasteiger partial charge is 0.462 e. The van der Waals surface area contributed by atoms with Gasteiger partial charge in [0.25, 0.3) is 0 Å². The van der Waals surface area contributed by atoms with Crippen molar-refractivity contribution in [2.45, 2.75) is 361 Å². The first kappa shape index (κ1) is 79.3. The van der Waals surface area contributed by atoms with Gasteiger partial charge >= 0.3 is 17.9 Å². The third kappa shape index (κ3) is 69.0. The van der Waals surface area contributed by atoms with Gasteiger partial charge in [0.15, 0.2) is 6.10 Å². The average Bonchev–Trinajstić information content (AvgIpc) is 3.49. The molecule has 0 aliphatic heterocycles. The Morgan fingerprint density at radius 3 is 0.783 bits per heavy atom. The predicted octanol–water partition coefficient (Wildman–Crippen LogP) is 24.8. The minimum absolute atomic E-state index is 0.0936. The van der Waals surface area contributed by atoms with Crippen LogP contribution >= 0.6 is 0 Å². The predicted molar refractivity (Wildman–Crippen MR) is 362 cm³/mol. The highest BCUT2D eigenvalue weighted by Crippen LogP contribution is 2.17. The standard InChI is InChI=1S/C77H134O6/c1-4-7-10-13-16-19-22-25-28-30-32-33-34-35-36-37-38-39-40-41-42-43-45-46-49-52-55-58-61-64-67-70-76(79)82-73-74(72-81-75(78)69-66-63-60-57-54-51-48-27-24-21-18-15-12-9-6-3)83-77(80)71-68-65-62-59-56-53-50-47-44-31-29-26-23-20-17-14-11-8-5-2/h8,11,17-18,20-21,26-27,29-30,32,44,47-48,53,56,74H,4-7,9-10,12-16,19,22-25,28,31,33-43,45-46,49-52,54-55,57-73H2,1-3H3/b11-8-,20-17-,21-18-,29-26-,32-30-,47-44-,48-27-,56-53-. The van der Waals surface area contributed by atoms with Gasteiger partial charge < -0.3 is 14.2 Å². The fourth-order valence-corrected chi connectivity index (χ4v) is 10.2. The van der Waals surface area contributed by atoms with E-state index in [1.807, 2.05) is 0 Å². The van der Waals surface area contributed by atoms with Crippen LogP contribution in [0.3, 0.4) is 0 Å². The van der Waals surface area contributed by atoms with Crippen LogP contribution in [0.5, 0.6) is 0 Å². The first-order valence-corrected chi connectivity index (χ1v) is 35.7. The monoisotopic (exact) mass is 1160 g/mol. The normalized spacial score (nSPS) is 12.7. The zero-order chi connectivity index (χ0) is 59.9. The van der Waals surface area contributed by atoms with Crippen molar-refractivity contribution in [3.05, 3.63) is 97.2 Å². The topological polar surface area (TPSA) is 78.9 Å². The lowest BCUT2D eigenvalue weighted by molar-refractivity contribution is -0.167. The molecule has 0 spiro atoms. The average molecular weight is 1160 g/mol. The summed E-state index contributed by atoms with van der Waals surface area (Å²) >= 11 is 0. The second kappa shape index (κ2) is 70.8. The zero-order valence-electron chi connectivity index (χ0n) is 54.9. The van der Waals surface area contributed by atoms with Gasteiger partial charge in [0.05, 0.1) is 0 Å². The molecule has 478 valence electrons.